The number of ether oxygens (including phenoxy) is 1. The third-order valence-corrected chi connectivity index (χ3v) is 2.21. The van der Waals surface area contributed by atoms with Crippen molar-refractivity contribution >= 4 is 21.9 Å². The van der Waals surface area contributed by atoms with Crippen LogP contribution in [-0.4, -0.2) is 17.9 Å². The minimum Gasteiger partial charge on any atom is -0.466 e. The highest BCUT2D eigenvalue weighted by molar-refractivity contribution is 9.09. The molecule has 0 amide bonds. The number of esters is 1. The van der Waals surface area contributed by atoms with E-state index >= 15 is 0 Å². The van der Waals surface area contributed by atoms with Gasteiger partial charge in [-0.15, -0.1) is 0 Å². The molecule has 72 valence electrons. The van der Waals surface area contributed by atoms with Crippen molar-refractivity contribution in [2.75, 3.05) is 11.9 Å². The highest BCUT2D eigenvalue weighted by Crippen LogP contribution is 2.11. The quantitative estimate of drug-likeness (QED) is 0.524. The molecule has 1 unspecified atom stereocenters. The van der Waals surface area contributed by atoms with E-state index in [1.165, 1.54) is 0 Å². The summed E-state index contributed by atoms with van der Waals surface area (Å²) in [6.07, 6.45) is 2.77. The van der Waals surface area contributed by atoms with Gasteiger partial charge in [0.25, 0.3) is 0 Å². The molecular formula is C9H17BrO2. The monoisotopic (exact) mass is 236 g/mol. The summed E-state index contributed by atoms with van der Waals surface area (Å²) < 4.78 is 4.84. The molecule has 12 heavy (non-hydrogen) atoms. The number of halogens is 1. The largest absolute Gasteiger partial charge is 0.466 e. The topological polar surface area (TPSA) is 26.3 Å². The summed E-state index contributed by atoms with van der Waals surface area (Å²) in [5, 5.41) is 1.01. The Labute approximate surface area is 82.8 Å². The van der Waals surface area contributed by atoms with Crippen LogP contribution >= 0.6 is 15.9 Å². The van der Waals surface area contributed by atoms with Gasteiger partial charge in [-0.05, 0) is 25.7 Å². The van der Waals surface area contributed by atoms with E-state index in [1.807, 2.05) is 6.92 Å². The number of hydrogen-bond acceptors (Lipinski definition) is 2. The minimum absolute atomic E-state index is 0.0698. The number of carbonyl (C=O) groups excluding carboxylic acids is 1. The molecule has 0 saturated heterocycles. The van der Waals surface area contributed by atoms with Gasteiger partial charge < -0.3 is 4.74 Å². The summed E-state index contributed by atoms with van der Waals surface area (Å²) in [6.45, 7) is 4.41. The van der Waals surface area contributed by atoms with Crippen LogP contribution in [0, 0.1) is 5.92 Å². The zero-order valence-corrected chi connectivity index (χ0v) is 9.39. The Bertz CT molecular complexity index is 126. The molecule has 0 heterocycles. The van der Waals surface area contributed by atoms with Crippen LogP contribution in [0.15, 0.2) is 0 Å². The smallest absolute Gasteiger partial charge is 0.306 e. The van der Waals surface area contributed by atoms with Gasteiger partial charge in [-0.3, -0.25) is 4.79 Å². The van der Waals surface area contributed by atoms with Crippen molar-refractivity contribution in [3.05, 3.63) is 0 Å². The molecule has 0 N–H and O–H groups in total. The van der Waals surface area contributed by atoms with Gasteiger partial charge in [-0.2, -0.15) is 0 Å². The first-order chi connectivity index (χ1) is 5.70. The van der Waals surface area contributed by atoms with Crippen molar-refractivity contribution < 1.29 is 9.53 Å². The van der Waals surface area contributed by atoms with Crippen molar-refractivity contribution in [2.45, 2.75) is 33.1 Å². The minimum atomic E-state index is -0.0698. The summed E-state index contributed by atoms with van der Waals surface area (Å²) in [4.78, 5) is 11.0. The maximum Gasteiger partial charge on any atom is 0.306 e. The molecule has 1 atom stereocenters. The predicted octanol–water partition coefficient (Wildman–Crippen LogP) is 2.75. The highest BCUT2D eigenvalue weighted by Gasteiger charge is 2.08. The molecule has 0 fully saturated rings. The lowest BCUT2D eigenvalue weighted by Crippen LogP contribution is -2.09. The van der Waals surface area contributed by atoms with Gasteiger partial charge in [0.05, 0.1) is 6.61 Å². The van der Waals surface area contributed by atoms with Gasteiger partial charge in [0.15, 0.2) is 0 Å². The summed E-state index contributed by atoms with van der Waals surface area (Å²) in [6, 6.07) is 0. The Balaban J connectivity index is 3.40. The van der Waals surface area contributed by atoms with Crippen molar-refractivity contribution in [3.8, 4) is 0 Å². The Morgan fingerprint density at radius 2 is 2.25 bits per heavy atom. The molecule has 2 nitrogen and oxygen atoms in total. The Hall–Kier alpha value is -0.0500. The van der Waals surface area contributed by atoms with Crippen LogP contribution in [-0.2, 0) is 9.53 Å². The molecule has 3 heteroatoms. The van der Waals surface area contributed by atoms with Gasteiger partial charge in [0, 0.05) is 11.8 Å². The number of carbonyl (C=O) groups is 1. The fourth-order valence-corrected chi connectivity index (χ4v) is 1.36. The first-order valence-electron chi connectivity index (χ1n) is 4.42. The van der Waals surface area contributed by atoms with Crippen molar-refractivity contribution in [1.82, 2.24) is 0 Å². The Morgan fingerprint density at radius 1 is 1.58 bits per heavy atom. The highest BCUT2D eigenvalue weighted by atomic mass is 79.9. The molecule has 0 radical (unpaired) electrons. The van der Waals surface area contributed by atoms with Gasteiger partial charge in [-0.25, -0.2) is 0 Å². The standard InChI is InChI=1S/C9H17BrO2/c1-3-12-9(11)7-8(2)5-4-6-10/h8H,3-7H2,1-2H3. The van der Waals surface area contributed by atoms with Crippen LogP contribution in [0.5, 0.6) is 0 Å². The van der Waals surface area contributed by atoms with Crippen molar-refractivity contribution in [1.29, 1.82) is 0 Å². The van der Waals surface area contributed by atoms with E-state index in [2.05, 4.69) is 22.9 Å². The third-order valence-electron chi connectivity index (χ3n) is 1.65. The maximum absolute atomic E-state index is 11.0. The van der Waals surface area contributed by atoms with Crippen LogP contribution in [0.4, 0.5) is 0 Å². The van der Waals surface area contributed by atoms with E-state index in [1.54, 1.807) is 0 Å². The van der Waals surface area contributed by atoms with Crippen LogP contribution in [0.1, 0.15) is 33.1 Å². The molecule has 0 saturated carbocycles. The second-order valence-electron chi connectivity index (χ2n) is 2.95. The zero-order valence-electron chi connectivity index (χ0n) is 7.81. The van der Waals surface area contributed by atoms with E-state index in [0.29, 0.717) is 18.9 Å². The fraction of sp³-hybridized carbons (Fsp3) is 0.889. The average Bonchev–Trinajstić information content (AvgIpc) is 2.01. The molecule has 0 aliphatic heterocycles. The van der Waals surface area contributed by atoms with E-state index in [0.717, 1.165) is 18.2 Å². The number of rotatable bonds is 6. The summed E-state index contributed by atoms with van der Waals surface area (Å²) in [5.41, 5.74) is 0. The summed E-state index contributed by atoms with van der Waals surface area (Å²) in [7, 11) is 0. The molecule has 0 rings (SSSR count). The SMILES string of the molecule is CCOC(=O)CC(C)CCCBr. The van der Waals surface area contributed by atoms with Crippen LogP contribution in [0.25, 0.3) is 0 Å². The van der Waals surface area contributed by atoms with E-state index in [4.69, 9.17) is 4.74 Å². The molecule has 0 bridgehead atoms. The lowest BCUT2D eigenvalue weighted by Gasteiger charge is -2.08. The maximum atomic E-state index is 11.0. The second kappa shape index (κ2) is 7.59. The van der Waals surface area contributed by atoms with Gasteiger partial charge >= 0.3 is 5.97 Å². The molecule has 0 aliphatic rings. The lowest BCUT2D eigenvalue weighted by molar-refractivity contribution is -0.144. The normalized spacial score (nSPS) is 12.6. The predicted molar refractivity (Wildman–Crippen MR) is 53.4 cm³/mol. The summed E-state index contributed by atoms with van der Waals surface area (Å²) >= 11 is 3.36. The molecule has 0 aliphatic carbocycles. The van der Waals surface area contributed by atoms with Crippen LogP contribution in [0.3, 0.4) is 0 Å². The summed E-state index contributed by atoms with van der Waals surface area (Å²) in [5.74, 6) is 0.376. The second-order valence-corrected chi connectivity index (χ2v) is 3.74. The molecule has 0 aromatic heterocycles. The molecule has 0 spiro atoms. The Morgan fingerprint density at radius 3 is 2.75 bits per heavy atom. The van der Waals surface area contributed by atoms with Crippen molar-refractivity contribution in [2.24, 2.45) is 5.92 Å². The van der Waals surface area contributed by atoms with Crippen LogP contribution < -0.4 is 0 Å². The lowest BCUT2D eigenvalue weighted by atomic mass is 10.0. The van der Waals surface area contributed by atoms with Gasteiger partial charge in [0.1, 0.15) is 0 Å². The fourth-order valence-electron chi connectivity index (χ4n) is 1.03. The van der Waals surface area contributed by atoms with E-state index < -0.39 is 0 Å². The average molecular weight is 237 g/mol. The van der Waals surface area contributed by atoms with Gasteiger partial charge in [-0.1, -0.05) is 22.9 Å². The first-order valence-corrected chi connectivity index (χ1v) is 5.54. The number of hydrogen-bond donors (Lipinski definition) is 0. The van der Waals surface area contributed by atoms with Crippen molar-refractivity contribution in [3.63, 3.8) is 0 Å². The molecule has 0 aromatic rings. The molecule has 0 aromatic carbocycles. The molecular weight excluding hydrogens is 220 g/mol. The Kier molecular flexibility index (Phi) is 7.56. The first kappa shape index (κ1) is 11.9. The number of alkyl halides is 1. The van der Waals surface area contributed by atoms with E-state index in [9.17, 15) is 4.79 Å². The van der Waals surface area contributed by atoms with Crippen LogP contribution in [0.2, 0.25) is 0 Å². The van der Waals surface area contributed by atoms with E-state index in [-0.39, 0.29) is 5.97 Å². The third kappa shape index (κ3) is 6.65. The van der Waals surface area contributed by atoms with Gasteiger partial charge in [0.2, 0.25) is 0 Å². The zero-order chi connectivity index (χ0) is 9.40.